The van der Waals surface area contributed by atoms with E-state index in [9.17, 15) is 0 Å². The lowest BCUT2D eigenvalue weighted by molar-refractivity contribution is 0.382. The maximum Gasteiger partial charge on any atom is 0.118 e. The maximum absolute atomic E-state index is 5.86. The SMILES string of the molecule is CC(C)(C)NCc1ccc(CSCC2CCCC2)o1. The second-order valence-electron chi connectivity index (χ2n) is 6.64. The molecule has 1 aliphatic carbocycles. The third kappa shape index (κ3) is 5.62. The number of hydrogen-bond acceptors (Lipinski definition) is 3. The first-order valence-electron chi connectivity index (χ1n) is 7.43. The number of rotatable bonds is 6. The van der Waals surface area contributed by atoms with E-state index in [2.05, 4.69) is 38.2 Å². The Bertz CT molecular complexity index is 374. The molecule has 0 atom stereocenters. The van der Waals surface area contributed by atoms with Gasteiger partial charge in [0.15, 0.2) is 0 Å². The average Bonchev–Trinajstić information content (AvgIpc) is 2.97. The molecule has 1 fully saturated rings. The summed E-state index contributed by atoms with van der Waals surface area (Å²) in [6.45, 7) is 7.34. The molecule has 1 saturated carbocycles. The van der Waals surface area contributed by atoms with Gasteiger partial charge >= 0.3 is 0 Å². The smallest absolute Gasteiger partial charge is 0.118 e. The molecule has 0 unspecified atom stereocenters. The summed E-state index contributed by atoms with van der Waals surface area (Å²) in [6.07, 6.45) is 5.75. The van der Waals surface area contributed by atoms with Gasteiger partial charge in [0.05, 0.1) is 12.3 Å². The first-order chi connectivity index (χ1) is 9.03. The highest BCUT2D eigenvalue weighted by Gasteiger charge is 2.15. The van der Waals surface area contributed by atoms with Gasteiger partial charge in [-0.1, -0.05) is 12.8 Å². The summed E-state index contributed by atoms with van der Waals surface area (Å²) in [7, 11) is 0. The zero-order chi connectivity index (χ0) is 13.7. The molecule has 0 bridgehead atoms. The second-order valence-corrected chi connectivity index (χ2v) is 7.67. The summed E-state index contributed by atoms with van der Waals surface area (Å²) >= 11 is 2.03. The fourth-order valence-electron chi connectivity index (χ4n) is 2.45. The average molecular weight is 281 g/mol. The summed E-state index contributed by atoms with van der Waals surface area (Å²) < 4.78 is 5.86. The molecular formula is C16H27NOS. The van der Waals surface area contributed by atoms with Crippen molar-refractivity contribution < 1.29 is 4.42 Å². The van der Waals surface area contributed by atoms with Crippen LogP contribution in [0.15, 0.2) is 16.5 Å². The second kappa shape index (κ2) is 6.85. The van der Waals surface area contributed by atoms with E-state index in [0.717, 1.165) is 29.7 Å². The van der Waals surface area contributed by atoms with E-state index in [1.54, 1.807) is 0 Å². The number of thioether (sulfide) groups is 1. The maximum atomic E-state index is 5.86. The van der Waals surface area contributed by atoms with E-state index in [0.29, 0.717) is 0 Å². The van der Waals surface area contributed by atoms with Gasteiger partial charge in [0, 0.05) is 5.54 Å². The van der Waals surface area contributed by atoms with Gasteiger partial charge in [-0.2, -0.15) is 11.8 Å². The van der Waals surface area contributed by atoms with E-state index in [-0.39, 0.29) is 5.54 Å². The van der Waals surface area contributed by atoms with Crippen molar-refractivity contribution in [1.82, 2.24) is 5.32 Å². The molecule has 1 N–H and O–H groups in total. The number of furan rings is 1. The fraction of sp³-hybridized carbons (Fsp3) is 0.750. The van der Waals surface area contributed by atoms with E-state index in [1.807, 2.05) is 11.8 Å². The summed E-state index contributed by atoms with van der Waals surface area (Å²) in [5.74, 6) is 5.45. The molecule has 1 aromatic heterocycles. The molecule has 0 spiro atoms. The van der Waals surface area contributed by atoms with Gasteiger partial charge in [-0.05, 0) is 57.4 Å². The lowest BCUT2D eigenvalue weighted by Gasteiger charge is -2.19. The van der Waals surface area contributed by atoms with Gasteiger partial charge < -0.3 is 9.73 Å². The van der Waals surface area contributed by atoms with Gasteiger partial charge in [0.2, 0.25) is 0 Å². The Morgan fingerprint density at radius 2 is 1.89 bits per heavy atom. The van der Waals surface area contributed by atoms with Crippen molar-refractivity contribution >= 4 is 11.8 Å². The third-order valence-electron chi connectivity index (χ3n) is 3.58. The number of hydrogen-bond donors (Lipinski definition) is 1. The molecule has 108 valence electrons. The third-order valence-corrected chi connectivity index (χ3v) is 4.78. The molecule has 1 aliphatic rings. The van der Waals surface area contributed by atoms with Crippen LogP contribution in [0, 0.1) is 5.92 Å². The molecule has 0 radical (unpaired) electrons. The van der Waals surface area contributed by atoms with Crippen molar-refractivity contribution in [2.45, 2.75) is 64.3 Å². The van der Waals surface area contributed by atoms with Crippen LogP contribution in [0.2, 0.25) is 0 Å². The van der Waals surface area contributed by atoms with Crippen LogP contribution in [0.1, 0.15) is 58.0 Å². The lowest BCUT2D eigenvalue weighted by atomic mass is 10.1. The quantitative estimate of drug-likeness (QED) is 0.825. The monoisotopic (exact) mass is 281 g/mol. The zero-order valence-corrected chi connectivity index (χ0v) is 13.3. The molecule has 1 heterocycles. The predicted molar refractivity (Wildman–Crippen MR) is 83.4 cm³/mol. The van der Waals surface area contributed by atoms with Crippen LogP contribution < -0.4 is 5.32 Å². The molecule has 2 nitrogen and oxygen atoms in total. The Hall–Kier alpha value is -0.410. The molecule has 0 amide bonds. The molecule has 0 saturated heterocycles. The summed E-state index contributed by atoms with van der Waals surface area (Å²) in [5, 5.41) is 3.45. The molecule has 2 rings (SSSR count). The molecular weight excluding hydrogens is 254 g/mol. The first kappa shape index (κ1) is 15.0. The Balaban J connectivity index is 1.68. The van der Waals surface area contributed by atoms with Crippen molar-refractivity contribution in [2.24, 2.45) is 5.92 Å². The Labute approximate surface area is 121 Å². The highest BCUT2D eigenvalue weighted by Crippen LogP contribution is 2.29. The Morgan fingerprint density at radius 3 is 2.58 bits per heavy atom. The van der Waals surface area contributed by atoms with Crippen molar-refractivity contribution in [3.8, 4) is 0 Å². The van der Waals surface area contributed by atoms with Gasteiger partial charge in [-0.25, -0.2) is 0 Å². The van der Waals surface area contributed by atoms with Crippen molar-refractivity contribution in [1.29, 1.82) is 0 Å². The minimum Gasteiger partial charge on any atom is -0.464 e. The van der Waals surface area contributed by atoms with Crippen LogP contribution in [0.25, 0.3) is 0 Å². The molecule has 19 heavy (non-hydrogen) atoms. The molecule has 0 aliphatic heterocycles. The van der Waals surface area contributed by atoms with Gasteiger partial charge in [-0.3, -0.25) is 0 Å². The highest BCUT2D eigenvalue weighted by molar-refractivity contribution is 7.98. The Kier molecular flexibility index (Phi) is 5.40. The van der Waals surface area contributed by atoms with Crippen LogP contribution >= 0.6 is 11.8 Å². The topological polar surface area (TPSA) is 25.2 Å². The lowest BCUT2D eigenvalue weighted by Crippen LogP contribution is -2.34. The summed E-state index contributed by atoms with van der Waals surface area (Å²) in [5.41, 5.74) is 0.143. The standard InChI is InChI=1S/C16H27NOS/c1-16(2,3)17-10-14-8-9-15(18-14)12-19-11-13-6-4-5-7-13/h8-9,13,17H,4-7,10-12H2,1-3H3. The summed E-state index contributed by atoms with van der Waals surface area (Å²) in [4.78, 5) is 0. The minimum atomic E-state index is 0.143. The molecule has 1 aromatic rings. The van der Waals surface area contributed by atoms with Crippen molar-refractivity contribution in [3.05, 3.63) is 23.7 Å². The number of nitrogens with one attached hydrogen (secondary N) is 1. The highest BCUT2D eigenvalue weighted by atomic mass is 32.2. The van der Waals surface area contributed by atoms with Crippen LogP contribution in [0.5, 0.6) is 0 Å². The van der Waals surface area contributed by atoms with Gasteiger partial charge in [0.1, 0.15) is 11.5 Å². The van der Waals surface area contributed by atoms with Gasteiger partial charge in [0.25, 0.3) is 0 Å². The van der Waals surface area contributed by atoms with Crippen molar-refractivity contribution in [3.63, 3.8) is 0 Å². The van der Waals surface area contributed by atoms with Crippen molar-refractivity contribution in [2.75, 3.05) is 5.75 Å². The van der Waals surface area contributed by atoms with Crippen LogP contribution in [-0.2, 0) is 12.3 Å². The van der Waals surface area contributed by atoms with E-state index < -0.39 is 0 Å². The normalized spacial score (nSPS) is 17.2. The summed E-state index contributed by atoms with van der Waals surface area (Å²) in [6, 6.07) is 4.23. The van der Waals surface area contributed by atoms with Crippen LogP contribution in [0.3, 0.4) is 0 Å². The van der Waals surface area contributed by atoms with E-state index >= 15 is 0 Å². The van der Waals surface area contributed by atoms with E-state index in [1.165, 1.54) is 31.4 Å². The molecule has 3 heteroatoms. The van der Waals surface area contributed by atoms with Crippen LogP contribution in [-0.4, -0.2) is 11.3 Å². The van der Waals surface area contributed by atoms with Crippen LogP contribution in [0.4, 0.5) is 0 Å². The first-order valence-corrected chi connectivity index (χ1v) is 8.59. The molecule has 0 aromatic carbocycles. The van der Waals surface area contributed by atoms with Gasteiger partial charge in [-0.15, -0.1) is 0 Å². The zero-order valence-electron chi connectivity index (χ0n) is 12.5. The minimum absolute atomic E-state index is 0.143. The predicted octanol–water partition coefficient (Wildman–Crippen LogP) is 4.59. The van der Waals surface area contributed by atoms with E-state index in [4.69, 9.17) is 4.42 Å². The largest absolute Gasteiger partial charge is 0.464 e. The Morgan fingerprint density at radius 1 is 1.21 bits per heavy atom. The fourth-order valence-corrected chi connectivity index (χ4v) is 3.59.